The normalized spacial score (nSPS) is 17.3. The number of hydrogen-bond acceptors (Lipinski definition) is 2. The Labute approximate surface area is 130 Å². The SMILES string of the molecule is Cc1c(Cl)cccc1C(O)Cc1ccn(C2CCCC2)n1. The topological polar surface area (TPSA) is 38.0 Å². The van der Waals surface area contributed by atoms with Gasteiger partial charge in [-0.3, -0.25) is 4.68 Å². The Morgan fingerprint density at radius 3 is 2.86 bits per heavy atom. The Hall–Kier alpha value is -1.32. The molecule has 0 saturated heterocycles. The van der Waals surface area contributed by atoms with Gasteiger partial charge < -0.3 is 5.11 Å². The molecule has 4 heteroatoms. The quantitative estimate of drug-likeness (QED) is 0.917. The summed E-state index contributed by atoms with van der Waals surface area (Å²) >= 11 is 6.12. The summed E-state index contributed by atoms with van der Waals surface area (Å²) in [4.78, 5) is 0. The van der Waals surface area contributed by atoms with Gasteiger partial charge in [0.1, 0.15) is 0 Å². The molecular formula is C17H21ClN2O. The fourth-order valence-corrected chi connectivity index (χ4v) is 3.33. The van der Waals surface area contributed by atoms with Crippen molar-refractivity contribution < 1.29 is 5.11 Å². The van der Waals surface area contributed by atoms with Crippen LogP contribution in [0.15, 0.2) is 30.5 Å². The highest BCUT2D eigenvalue weighted by Crippen LogP contribution is 2.30. The van der Waals surface area contributed by atoms with Gasteiger partial charge in [-0.2, -0.15) is 5.10 Å². The Kier molecular flexibility index (Phi) is 4.32. The molecule has 112 valence electrons. The molecule has 0 bridgehead atoms. The molecule has 1 heterocycles. The van der Waals surface area contributed by atoms with E-state index in [1.807, 2.05) is 37.4 Å². The number of hydrogen-bond donors (Lipinski definition) is 1. The van der Waals surface area contributed by atoms with E-state index in [0.29, 0.717) is 17.5 Å². The fourth-order valence-electron chi connectivity index (χ4n) is 3.15. The van der Waals surface area contributed by atoms with Gasteiger partial charge in [0.15, 0.2) is 0 Å². The summed E-state index contributed by atoms with van der Waals surface area (Å²) in [5.41, 5.74) is 2.77. The van der Waals surface area contributed by atoms with E-state index in [4.69, 9.17) is 11.6 Å². The third-order valence-electron chi connectivity index (χ3n) is 4.43. The van der Waals surface area contributed by atoms with E-state index in [9.17, 15) is 5.11 Å². The van der Waals surface area contributed by atoms with Crippen molar-refractivity contribution in [3.05, 3.63) is 52.3 Å². The highest BCUT2D eigenvalue weighted by atomic mass is 35.5. The second-order valence-corrected chi connectivity index (χ2v) is 6.31. The van der Waals surface area contributed by atoms with E-state index in [2.05, 4.69) is 9.78 Å². The van der Waals surface area contributed by atoms with E-state index in [0.717, 1.165) is 16.8 Å². The maximum atomic E-state index is 10.4. The van der Waals surface area contributed by atoms with Crippen LogP contribution in [0.25, 0.3) is 0 Å². The van der Waals surface area contributed by atoms with Gasteiger partial charge in [-0.15, -0.1) is 0 Å². The van der Waals surface area contributed by atoms with Gasteiger partial charge in [0, 0.05) is 17.6 Å². The van der Waals surface area contributed by atoms with E-state index >= 15 is 0 Å². The molecule has 3 rings (SSSR count). The van der Waals surface area contributed by atoms with Crippen molar-refractivity contribution >= 4 is 11.6 Å². The zero-order chi connectivity index (χ0) is 14.8. The van der Waals surface area contributed by atoms with Gasteiger partial charge in [0.05, 0.1) is 17.8 Å². The minimum Gasteiger partial charge on any atom is -0.388 e. The minimum absolute atomic E-state index is 0.529. The molecule has 1 unspecified atom stereocenters. The van der Waals surface area contributed by atoms with Crippen LogP contribution in [0.2, 0.25) is 5.02 Å². The summed E-state index contributed by atoms with van der Waals surface area (Å²) < 4.78 is 2.07. The third kappa shape index (κ3) is 3.14. The van der Waals surface area contributed by atoms with Gasteiger partial charge in [-0.05, 0) is 43.0 Å². The van der Waals surface area contributed by atoms with Crippen molar-refractivity contribution in [1.82, 2.24) is 9.78 Å². The van der Waals surface area contributed by atoms with Crippen LogP contribution >= 0.6 is 11.6 Å². The van der Waals surface area contributed by atoms with E-state index < -0.39 is 6.10 Å². The smallest absolute Gasteiger partial charge is 0.0849 e. The highest BCUT2D eigenvalue weighted by Gasteiger charge is 2.19. The maximum absolute atomic E-state index is 10.4. The number of halogens is 1. The Morgan fingerprint density at radius 1 is 1.33 bits per heavy atom. The van der Waals surface area contributed by atoms with E-state index in [1.165, 1.54) is 25.7 Å². The van der Waals surface area contributed by atoms with Crippen molar-refractivity contribution in [2.75, 3.05) is 0 Å². The molecule has 1 aliphatic rings. The molecule has 1 aromatic heterocycles. The van der Waals surface area contributed by atoms with Crippen molar-refractivity contribution in [2.45, 2.75) is 51.2 Å². The summed E-state index contributed by atoms with van der Waals surface area (Å²) in [6.07, 6.45) is 7.04. The number of benzene rings is 1. The van der Waals surface area contributed by atoms with Crippen LogP contribution in [0.1, 0.15) is 54.6 Å². The van der Waals surface area contributed by atoms with Gasteiger partial charge in [-0.1, -0.05) is 36.6 Å². The van der Waals surface area contributed by atoms with Crippen LogP contribution in [0.3, 0.4) is 0 Å². The standard InChI is InChI=1S/C17H21ClN2O/c1-12-15(7-4-8-16(12)18)17(21)11-13-9-10-20(19-13)14-5-2-3-6-14/h4,7-10,14,17,21H,2-3,5-6,11H2,1H3. The van der Waals surface area contributed by atoms with Crippen LogP contribution in [-0.4, -0.2) is 14.9 Å². The van der Waals surface area contributed by atoms with Crippen LogP contribution in [0, 0.1) is 6.92 Å². The Balaban J connectivity index is 1.72. The summed E-state index contributed by atoms with van der Waals surface area (Å²) in [7, 11) is 0. The highest BCUT2D eigenvalue weighted by molar-refractivity contribution is 6.31. The molecule has 2 aromatic rings. The fraction of sp³-hybridized carbons (Fsp3) is 0.471. The molecular weight excluding hydrogens is 284 g/mol. The van der Waals surface area contributed by atoms with E-state index in [-0.39, 0.29) is 0 Å². The molecule has 1 N–H and O–H groups in total. The lowest BCUT2D eigenvalue weighted by Crippen LogP contribution is -2.08. The largest absolute Gasteiger partial charge is 0.388 e. The molecule has 21 heavy (non-hydrogen) atoms. The zero-order valence-electron chi connectivity index (χ0n) is 12.3. The lowest BCUT2D eigenvalue weighted by Gasteiger charge is -2.14. The van der Waals surface area contributed by atoms with Crippen LogP contribution in [0.4, 0.5) is 0 Å². The number of aliphatic hydroxyl groups excluding tert-OH is 1. The molecule has 1 saturated carbocycles. The lowest BCUT2D eigenvalue weighted by atomic mass is 10.00. The monoisotopic (exact) mass is 304 g/mol. The third-order valence-corrected chi connectivity index (χ3v) is 4.84. The van der Waals surface area contributed by atoms with Crippen LogP contribution in [-0.2, 0) is 6.42 Å². The van der Waals surface area contributed by atoms with Gasteiger partial charge in [-0.25, -0.2) is 0 Å². The summed E-state index contributed by atoms with van der Waals surface area (Å²) in [5, 5.41) is 15.8. The first-order valence-electron chi connectivity index (χ1n) is 7.62. The molecule has 1 atom stereocenters. The molecule has 1 fully saturated rings. The molecule has 1 aromatic carbocycles. The first kappa shape index (κ1) is 14.6. The first-order valence-corrected chi connectivity index (χ1v) is 8.00. The molecule has 0 amide bonds. The van der Waals surface area contributed by atoms with E-state index in [1.54, 1.807) is 0 Å². The molecule has 3 nitrogen and oxygen atoms in total. The second-order valence-electron chi connectivity index (χ2n) is 5.90. The average molecular weight is 305 g/mol. The predicted molar refractivity (Wildman–Crippen MR) is 84.6 cm³/mol. The number of nitrogens with zero attached hydrogens (tertiary/aromatic N) is 2. The van der Waals surface area contributed by atoms with Gasteiger partial charge in [0.25, 0.3) is 0 Å². The molecule has 0 aliphatic heterocycles. The zero-order valence-corrected chi connectivity index (χ0v) is 13.1. The second kappa shape index (κ2) is 6.20. The van der Waals surface area contributed by atoms with Crippen molar-refractivity contribution in [2.24, 2.45) is 0 Å². The Bertz CT molecular complexity index is 617. The number of aliphatic hydroxyl groups is 1. The number of rotatable bonds is 4. The Morgan fingerprint density at radius 2 is 2.10 bits per heavy atom. The summed E-state index contributed by atoms with van der Waals surface area (Å²) in [6, 6.07) is 8.22. The van der Waals surface area contributed by atoms with Crippen molar-refractivity contribution in [3.8, 4) is 0 Å². The summed E-state index contributed by atoms with van der Waals surface area (Å²) in [5.74, 6) is 0. The van der Waals surface area contributed by atoms with Gasteiger partial charge >= 0.3 is 0 Å². The minimum atomic E-state index is -0.560. The summed E-state index contributed by atoms with van der Waals surface area (Å²) in [6.45, 7) is 1.94. The molecule has 0 radical (unpaired) electrons. The predicted octanol–water partition coefficient (Wildman–Crippen LogP) is 4.24. The maximum Gasteiger partial charge on any atom is 0.0849 e. The van der Waals surface area contributed by atoms with Crippen molar-refractivity contribution in [1.29, 1.82) is 0 Å². The van der Waals surface area contributed by atoms with Crippen LogP contribution in [0.5, 0.6) is 0 Å². The first-order chi connectivity index (χ1) is 10.1. The van der Waals surface area contributed by atoms with Crippen molar-refractivity contribution in [3.63, 3.8) is 0 Å². The molecule has 1 aliphatic carbocycles. The lowest BCUT2D eigenvalue weighted by molar-refractivity contribution is 0.176. The van der Waals surface area contributed by atoms with Crippen LogP contribution < -0.4 is 0 Å². The number of aromatic nitrogens is 2. The molecule has 0 spiro atoms. The van der Waals surface area contributed by atoms with Gasteiger partial charge in [0.2, 0.25) is 0 Å². The average Bonchev–Trinajstić information content (AvgIpc) is 3.12.